The second kappa shape index (κ2) is 7.06. The van der Waals surface area contributed by atoms with Gasteiger partial charge in [-0.15, -0.1) is 0 Å². The van der Waals surface area contributed by atoms with Crippen molar-refractivity contribution >= 4 is 17.5 Å². The number of benzene rings is 1. The van der Waals surface area contributed by atoms with E-state index in [9.17, 15) is 14.0 Å². The summed E-state index contributed by atoms with van der Waals surface area (Å²) in [7, 11) is 0. The Balaban J connectivity index is 1.53. The van der Waals surface area contributed by atoms with Crippen molar-refractivity contribution in [3.05, 3.63) is 48.8 Å². The minimum atomic E-state index is -1.53. The third-order valence-electron chi connectivity index (χ3n) is 4.35. The number of aliphatic hydroxyl groups excluding tert-OH is 1. The van der Waals surface area contributed by atoms with E-state index in [1.54, 1.807) is 18.2 Å². The molecular formula is C18H20FN3O3. The standard InChI is InChI=1S/C18H20FN3O3/c19-18(9-13(10-18)11-23)12-20-16(24)17(25)21-14-4-3-5-15(8-14)22-6-1-2-7-22/h1-8,13,23H,9-12H2,(H,20,24)(H,21,25). The number of hydrogen-bond donors (Lipinski definition) is 3. The van der Waals surface area contributed by atoms with Crippen LogP contribution in [0.4, 0.5) is 10.1 Å². The molecule has 2 amide bonds. The van der Waals surface area contributed by atoms with Gasteiger partial charge in [-0.3, -0.25) is 9.59 Å². The van der Waals surface area contributed by atoms with Gasteiger partial charge in [-0.05, 0) is 49.1 Å². The molecule has 1 heterocycles. The summed E-state index contributed by atoms with van der Waals surface area (Å²) in [5, 5.41) is 13.7. The molecule has 1 aromatic carbocycles. The molecule has 0 aliphatic heterocycles. The third kappa shape index (κ3) is 4.06. The van der Waals surface area contributed by atoms with Crippen molar-refractivity contribution in [2.75, 3.05) is 18.5 Å². The fourth-order valence-electron chi connectivity index (χ4n) is 3.01. The predicted octanol–water partition coefficient (Wildman–Crippen LogP) is 1.64. The third-order valence-corrected chi connectivity index (χ3v) is 4.35. The summed E-state index contributed by atoms with van der Waals surface area (Å²) in [6, 6.07) is 10.8. The maximum atomic E-state index is 14.1. The summed E-state index contributed by atoms with van der Waals surface area (Å²) >= 11 is 0. The molecule has 3 N–H and O–H groups in total. The van der Waals surface area contributed by atoms with Gasteiger partial charge in [0.05, 0.1) is 6.54 Å². The van der Waals surface area contributed by atoms with Crippen LogP contribution in [0.3, 0.4) is 0 Å². The van der Waals surface area contributed by atoms with Crippen molar-refractivity contribution in [3.63, 3.8) is 0 Å². The Hall–Kier alpha value is -2.67. The lowest BCUT2D eigenvalue weighted by Crippen LogP contribution is -2.51. The van der Waals surface area contributed by atoms with Crippen LogP contribution in [-0.2, 0) is 9.59 Å². The smallest absolute Gasteiger partial charge is 0.313 e. The number of nitrogens with one attached hydrogen (secondary N) is 2. The van der Waals surface area contributed by atoms with E-state index in [-0.39, 0.29) is 31.9 Å². The van der Waals surface area contributed by atoms with Crippen LogP contribution in [0.2, 0.25) is 0 Å². The predicted molar refractivity (Wildman–Crippen MR) is 91.1 cm³/mol. The Kier molecular flexibility index (Phi) is 4.85. The number of hydrogen-bond acceptors (Lipinski definition) is 3. The lowest BCUT2D eigenvalue weighted by Gasteiger charge is -2.40. The van der Waals surface area contributed by atoms with Gasteiger partial charge in [0.15, 0.2) is 0 Å². The van der Waals surface area contributed by atoms with Gasteiger partial charge < -0.3 is 20.3 Å². The van der Waals surface area contributed by atoms with Crippen molar-refractivity contribution in [2.24, 2.45) is 5.92 Å². The summed E-state index contributed by atoms with van der Waals surface area (Å²) in [4.78, 5) is 23.8. The molecule has 1 fully saturated rings. The molecule has 1 aromatic heterocycles. The first kappa shape index (κ1) is 17.2. The van der Waals surface area contributed by atoms with Crippen LogP contribution < -0.4 is 10.6 Å². The normalized spacial score (nSPS) is 22.1. The zero-order valence-corrected chi connectivity index (χ0v) is 13.6. The molecule has 0 spiro atoms. The Morgan fingerprint density at radius 1 is 1.20 bits per heavy atom. The molecule has 1 aliphatic carbocycles. The lowest BCUT2D eigenvalue weighted by molar-refractivity contribution is -0.137. The van der Waals surface area contributed by atoms with Crippen LogP contribution in [0.25, 0.3) is 5.69 Å². The van der Waals surface area contributed by atoms with Gasteiger partial charge in [0.2, 0.25) is 0 Å². The number of carbonyl (C=O) groups is 2. The molecule has 0 radical (unpaired) electrons. The second-order valence-electron chi connectivity index (χ2n) is 6.39. The fourth-order valence-corrected chi connectivity index (χ4v) is 3.01. The van der Waals surface area contributed by atoms with Crippen LogP contribution in [0.5, 0.6) is 0 Å². The van der Waals surface area contributed by atoms with Crippen molar-refractivity contribution in [2.45, 2.75) is 18.5 Å². The largest absolute Gasteiger partial charge is 0.396 e. The fraction of sp³-hybridized carbons (Fsp3) is 0.333. The van der Waals surface area contributed by atoms with E-state index in [1.807, 2.05) is 35.2 Å². The molecule has 1 aliphatic rings. The molecule has 0 saturated heterocycles. The van der Waals surface area contributed by atoms with Crippen LogP contribution >= 0.6 is 0 Å². The molecule has 3 rings (SSSR count). The summed E-state index contributed by atoms with van der Waals surface area (Å²) < 4.78 is 16.0. The molecule has 7 heteroatoms. The van der Waals surface area contributed by atoms with E-state index in [0.717, 1.165) is 5.69 Å². The number of amides is 2. The number of alkyl halides is 1. The summed E-state index contributed by atoms with van der Waals surface area (Å²) in [6.45, 7) is -0.281. The van der Waals surface area contributed by atoms with Gasteiger partial charge >= 0.3 is 11.8 Å². The minimum Gasteiger partial charge on any atom is -0.396 e. The van der Waals surface area contributed by atoms with E-state index in [0.29, 0.717) is 5.69 Å². The first-order valence-electron chi connectivity index (χ1n) is 8.11. The van der Waals surface area contributed by atoms with E-state index in [4.69, 9.17) is 5.11 Å². The molecule has 2 aromatic rings. The number of aliphatic hydroxyl groups is 1. The first-order valence-corrected chi connectivity index (χ1v) is 8.11. The molecule has 0 atom stereocenters. The number of halogens is 1. The molecule has 0 unspecified atom stereocenters. The van der Waals surface area contributed by atoms with E-state index < -0.39 is 17.5 Å². The molecule has 1 saturated carbocycles. The number of anilines is 1. The lowest BCUT2D eigenvalue weighted by atomic mass is 9.72. The second-order valence-corrected chi connectivity index (χ2v) is 6.39. The number of rotatable bonds is 5. The molecule has 6 nitrogen and oxygen atoms in total. The van der Waals surface area contributed by atoms with E-state index >= 15 is 0 Å². The maximum Gasteiger partial charge on any atom is 0.313 e. The van der Waals surface area contributed by atoms with Crippen LogP contribution in [0, 0.1) is 5.92 Å². The van der Waals surface area contributed by atoms with Gasteiger partial charge in [-0.2, -0.15) is 0 Å². The highest BCUT2D eigenvalue weighted by atomic mass is 19.1. The topological polar surface area (TPSA) is 83.4 Å². The van der Waals surface area contributed by atoms with E-state index in [2.05, 4.69) is 10.6 Å². The summed E-state index contributed by atoms with van der Waals surface area (Å²) in [5.74, 6) is -1.78. The SMILES string of the molecule is O=C(NCC1(F)CC(CO)C1)C(=O)Nc1cccc(-n2cccc2)c1. The van der Waals surface area contributed by atoms with Crippen molar-refractivity contribution in [1.82, 2.24) is 9.88 Å². The minimum absolute atomic E-state index is 0.0577. The van der Waals surface area contributed by atoms with Crippen molar-refractivity contribution in [3.8, 4) is 5.69 Å². The number of nitrogens with zero attached hydrogens (tertiary/aromatic N) is 1. The first-order chi connectivity index (χ1) is 12.0. The van der Waals surface area contributed by atoms with Gasteiger partial charge in [0, 0.05) is 30.4 Å². The molecule has 0 bridgehead atoms. The van der Waals surface area contributed by atoms with E-state index in [1.165, 1.54) is 0 Å². The van der Waals surface area contributed by atoms with Crippen molar-refractivity contribution in [1.29, 1.82) is 0 Å². The molecular weight excluding hydrogens is 325 g/mol. The quantitative estimate of drug-likeness (QED) is 0.721. The highest BCUT2D eigenvalue weighted by Crippen LogP contribution is 2.40. The maximum absolute atomic E-state index is 14.1. The highest BCUT2D eigenvalue weighted by molar-refractivity contribution is 6.39. The van der Waals surface area contributed by atoms with Gasteiger partial charge in [-0.1, -0.05) is 6.07 Å². The highest BCUT2D eigenvalue weighted by Gasteiger charge is 2.44. The Morgan fingerprint density at radius 2 is 1.92 bits per heavy atom. The Labute approximate surface area is 144 Å². The number of aromatic nitrogens is 1. The van der Waals surface area contributed by atoms with Crippen LogP contribution in [-0.4, -0.2) is 40.3 Å². The van der Waals surface area contributed by atoms with Gasteiger partial charge in [-0.25, -0.2) is 4.39 Å². The van der Waals surface area contributed by atoms with Crippen LogP contribution in [0.1, 0.15) is 12.8 Å². The summed E-state index contributed by atoms with van der Waals surface area (Å²) in [5.41, 5.74) is -0.210. The van der Waals surface area contributed by atoms with Crippen molar-refractivity contribution < 1.29 is 19.1 Å². The number of carbonyl (C=O) groups excluding carboxylic acids is 2. The van der Waals surface area contributed by atoms with Crippen LogP contribution in [0.15, 0.2) is 48.8 Å². The average Bonchev–Trinajstić information content (AvgIpc) is 3.12. The average molecular weight is 345 g/mol. The zero-order chi connectivity index (χ0) is 17.9. The van der Waals surface area contributed by atoms with Gasteiger partial charge in [0.1, 0.15) is 5.67 Å². The Bertz CT molecular complexity index is 755. The molecule has 132 valence electrons. The molecule has 25 heavy (non-hydrogen) atoms. The Morgan fingerprint density at radius 3 is 2.60 bits per heavy atom. The zero-order valence-electron chi connectivity index (χ0n) is 13.6. The monoisotopic (exact) mass is 345 g/mol. The van der Waals surface area contributed by atoms with Gasteiger partial charge in [0.25, 0.3) is 0 Å². The summed E-state index contributed by atoms with van der Waals surface area (Å²) in [6.07, 6.45) is 4.13.